The first-order chi connectivity index (χ1) is 12.9. The van der Waals surface area contributed by atoms with Crippen molar-refractivity contribution in [1.82, 2.24) is 0 Å². The molecule has 0 amide bonds. The number of aliphatic hydroxyl groups excluding tert-OH is 1. The molecule has 4 nitrogen and oxygen atoms in total. The van der Waals surface area contributed by atoms with Crippen LogP contribution in [0.3, 0.4) is 0 Å². The van der Waals surface area contributed by atoms with E-state index in [1.807, 2.05) is 19.1 Å². The molecular formula is C23H38O4. The van der Waals surface area contributed by atoms with Gasteiger partial charge in [0.05, 0.1) is 12.7 Å². The molecule has 1 aliphatic rings. The number of aliphatic hydroxyl groups is 1. The predicted octanol–water partition coefficient (Wildman–Crippen LogP) is 5.15. The number of hydrogen-bond donors (Lipinski definition) is 1. The highest BCUT2D eigenvalue weighted by Crippen LogP contribution is 2.45. The van der Waals surface area contributed by atoms with Gasteiger partial charge < -0.3 is 9.84 Å². The van der Waals surface area contributed by atoms with Crippen LogP contribution < -0.4 is 0 Å². The van der Waals surface area contributed by atoms with E-state index in [0.29, 0.717) is 31.7 Å². The van der Waals surface area contributed by atoms with Gasteiger partial charge in [-0.25, -0.2) is 0 Å². The topological polar surface area (TPSA) is 63.6 Å². The fourth-order valence-corrected chi connectivity index (χ4v) is 3.82. The normalized spacial score (nSPS) is 24.1. The zero-order valence-corrected chi connectivity index (χ0v) is 17.4. The van der Waals surface area contributed by atoms with Crippen LogP contribution in [0.2, 0.25) is 0 Å². The highest BCUT2D eigenvalue weighted by molar-refractivity contribution is 5.87. The molecule has 1 unspecified atom stereocenters. The van der Waals surface area contributed by atoms with Crippen molar-refractivity contribution < 1.29 is 19.4 Å². The Labute approximate surface area is 165 Å². The second kappa shape index (κ2) is 12.9. The maximum absolute atomic E-state index is 12.5. The summed E-state index contributed by atoms with van der Waals surface area (Å²) in [5.74, 6) is 0.450. The van der Waals surface area contributed by atoms with Crippen molar-refractivity contribution in [2.24, 2.45) is 11.3 Å². The minimum atomic E-state index is -0.476. The summed E-state index contributed by atoms with van der Waals surface area (Å²) in [6, 6.07) is 0. The number of ketones is 1. The van der Waals surface area contributed by atoms with Crippen molar-refractivity contribution in [2.75, 3.05) is 6.61 Å². The Bertz CT molecular complexity index is 509. The van der Waals surface area contributed by atoms with Gasteiger partial charge in [0.1, 0.15) is 5.78 Å². The molecule has 0 spiro atoms. The monoisotopic (exact) mass is 378 g/mol. The molecule has 3 atom stereocenters. The van der Waals surface area contributed by atoms with Gasteiger partial charge in [-0.2, -0.15) is 0 Å². The van der Waals surface area contributed by atoms with Crippen LogP contribution in [0.4, 0.5) is 0 Å². The number of hydrogen-bond acceptors (Lipinski definition) is 4. The van der Waals surface area contributed by atoms with Crippen LogP contribution in [0.25, 0.3) is 0 Å². The number of unbranched alkanes of at least 4 members (excludes halogenated alkanes) is 3. The molecule has 1 fully saturated rings. The highest BCUT2D eigenvalue weighted by atomic mass is 16.5. The van der Waals surface area contributed by atoms with E-state index in [0.717, 1.165) is 44.9 Å². The van der Waals surface area contributed by atoms with Crippen molar-refractivity contribution in [3.05, 3.63) is 24.3 Å². The number of Topliss-reactive ketones (excluding diaryl/α,β-unsaturated/α-hetero) is 1. The highest BCUT2D eigenvalue weighted by Gasteiger charge is 2.43. The third-order valence-corrected chi connectivity index (χ3v) is 5.62. The van der Waals surface area contributed by atoms with E-state index in [-0.39, 0.29) is 17.3 Å². The van der Waals surface area contributed by atoms with Gasteiger partial charge in [-0.3, -0.25) is 9.59 Å². The van der Waals surface area contributed by atoms with Crippen LogP contribution >= 0.6 is 0 Å². The molecule has 4 heteroatoms. The van der Waals surface area contributed by atoms with Crippen LogP contribution in [0.5, 0.6) is 0 Å². The molecule has 0 aromatic heterocycles. The molecule has 1 saturated carbocycles. The first kappa shape index (κ1) is 23.6. The summed E-state index contributed by atoms with van der Waals surface area (Å²) < 4.78 is 4.94. The molecule has 0 radical (unpaired) electrons. The van der Waals surface area contributed by atoms with Crippen LogP contribution in [0, 0.1) is 11.3 Å². The molecule has 1 rings (SSSR count). The van der Waals surface area contributed by atoms with Crippen molar-refractivity contribution >= 4 is 11.8 Å². The fourth-order valence-electron chi connectivity index (χ4n) is 3.82. The molecule has 154 valence electrons. The van der Waals surface area contributed by atoms with E-state index >= 15 is 0 Å². The molecule has 0 heterocycles. The van der Waals surface area contributed by atoms with Crippen molar-refractivity contribution in [1.29, 1.82) is 0 Å². The van der Waals surface area contributed by atoms with Gasteiger partial charge in [0, 0.05) is 18.3 Å². The van der Waals surface area contributed by atoms with E-state index in [1.54, 1.807) is 0 Å². The number of rotatable bonds is 13. The lowest BCUT2D eigenvalue weighted by Gasteiger charge is -2.28. The molecular weight excluding hydrogens is 340 g/mol. The summed E-state index contributed by atoms with van der Waals surface area (Å²) in [7, 11) is 0. The van der Waals surface area contributed by atoms with E-state index in [9.17, 15) is 14.7 Å². The van der Waals surface area contributed by atoms with Crippen molar-refractivity contribution in [2.45, 2.75) is 91.1 Å². The van der Waals surface area contributed by atoms with Gasteiger partial charge in [-0.15, -0.1) is 0 Å². The van der Waals surface area contributed by atoms with Gasteiger partial charge in [-0.05, 0) is 44.9 Å². The smallest absolute Gasteiger partial charge is 0.305 e. The van der Waals surface area contributed by atoms with E-state index in [1.165, 1.54) is 0 Å². The lowest BCUT2D eigenvalue weighted by molar-refractivity contribution is -0.143. The quantitative estimate of drug-likeness (QED) is 0.273. The summed E-state index contributed by atoms with van der Waals surface area (Å²) in [6.45, 7) is 6.42. The van der Waals surface area contributed by atoms with Crippen molar-refractivity contribution in [3.63, 3.8) is 0 Å². The maximum atomic E-state index is 12.5. The lowest BCUT2D eigenvalue weighted by atomic mass is 9.74. The second-order valence-electron chi connectivity index (χ2n) is 7.77. The Morgan fingerprint density at radius 3 is 2.70 bits per heavy atom. The minimum absolute atomic E-state index is 0.118. The van der Waals surface area contributed by atoms with Gasteiger partial charge >= 0.3 is 5.97 Å². The SMILES string of the molecule is CCC=CCC(O)C=C[C@H]1CCC(=O)[C@]1(C)CCCCCCC(=O)OCC. The number of esters is 1. The third-order valence-electron chi connectivity index (χ3n) is 5.62. The molecule has 0 aromatic rings. The minimum Gasteiger partial charge on any atom is -0.466 e. The third kappa shape index (κ3) is 8.42. The number of allylic oxidation sites excluding steroid dienone is 2. The molecule has 1 aliphatic carbocycles. The number of carbonyl (C=O) groups is 2. The predicted molar refractivity (Wildman–Crippen MR) is 109 cm³/mol. The summed E-state index contributed by atoms with van der Waals surface area (Å²) >= 11 is 0. The first-order valence-electron chi connectivity index (χ1n) is 10.6. The Kier molecular flexibility index (Phi) is 11.3. The van der Waals surface area contributed by atoms with Crippen LogP contribution in [0.1, 0.15) is 85.0 Å². The van der Waals surface area contributed by atoms with Gasteiger partial charge in [0.2, 0.25) is 0 Å². The lowest BCUT2D eigenvalue weighted by Crippen LogP contribution is -2.28. The Morgan fingerprint density at radius 2 is 2.00 bits per heavy atom. The van der Waals surface area contributed by atoms with Gasteiger partial charge in [-0.1, -0.05) is 57.4 Å². The largest absolute Gasteiger partial charge is 0.466 e. The van der Waals surface area contributed by atoms with E-state index in [2.05, 4.69) is 26.0 Å². The second-order valence-corrected chi connectivity index (χ2v) is 7.77. The molecule has 0 aliphatic heterocycles. The van der Waals surface area contributed by atoms with Crippen molar-refractivity contribution in [3.8, 4) is 0 Å². The Hall–Kier alpha value is -1.42. The van der Waals surface area contributed by atoms with Crippen LogP contribution in [0.15, 0.2) is 24.3 Å². The average Bonchev–Trinajstić information content (AvgIpc) is 2.91. The first-order valence-corrected chi connectivity index (χ1v) is 10.6. The summed E-state index contributed by atoms with van der Waals surface area (Å²) in [4.78, 5) is 23.8. The molecule has 1 N–H and O–H groups in total. The number of carbonyl (C=O) groups excluding carboxylic acids is 2. The fraction of sp³-hybridized carbons (Fsp3) is 0.739. The van der Waals surface area contributed by atoms with Crippen LogP contribution in [-0.4, -0.2) is 29.6 Å². The Balaban J connectivity index is 2.40. The maximum Gasteiger partial charge on any atom is 0.305 e. The zero-order valence-electron chi connectivity index (χ0n) is 17.4. The molecule has 0 aromatic carbocycles. The van der Waals surface area contributed by atoms with Crippen LogP contribution in [-0.2, 0) is 14.3 Å². The Morgan fingerprint density at radius 1 is 1.26 bits per heavy atom. The summed E-state index contributed by atoms with van der Waals surface area (Å²) in [5, 5.41) is 10.1. The zero-order chi connectivity index (χ0) is 20.1. The van der Waals surface area contributed by atoms with E-state index < -0.39 is 6.10 Å². The van der Waals surface area contributed by atoms with Gasteiger partial charge in [0.25, 0.3) is 0 Å². The standard InChI is InChI=1S/C23H38O4/c1-4-6-9-12-20(24)16-14-19-15-17-21(25)23(19,3)18-11-8-7-10-13-22(26)27-5-2/h6,9,14,16,19-20,24H,4-5,7-8,10-13,15,17-18H2,1-3H3/t19-,20?,23+/m0/s1. The van der Waals surface area contributed by atoms with E-state index in [4.69, 9.17) is 4.74 Å². The molecule has 0 bridgehead atoms. The average molecular weight is 379 g/mol. The summed E-state index contributed by atoms with van der Waals surface area (Å²) in [6.07, 6.45) is 15.9. The molecule has 27 heavy (non-hydrogen) atoms. The number of ether oxygens (including phenoxy) is 1. The van der Waals surface area contributed by atoms with Gasteiger partial charge in [0.15, 0.2) is 0 Å². The summed E-state index contributed by atoms with van der Waals surface area (Å²) in [5.41, 5.74) is -0.309. The molecule has 0 saturated heterocycles.